The van der Waals surface area contributed by atoms with E-state index in [9.17, 15) is 4.79 Å². The van der Waals surface area contributed by atoms with Gasteiger partial charge in [0, 0.05) is 17.3 Å². The fourth-order valence-electron chi connectivity index (χ4n) is 2.84. The number of nitrogens with zero attached hydrogens (tertiary/aromatic N) is 5. The van der Waals surface area contributed by atoms with Crippen LogP contribution in [-0.2, 0) is 0 Å². The van der Waals surface area contributed by atoms with E-state index in [0.717, 1.165) is 11.1 Å². The Kier molecular flexibility index (Phi) is 3.23. The average molecular weight is 322 g/mol. The van der Waals surface area contributed by atoms with E-state index in [1.54, 1.807) is 16.8 Å². The molecule has 2 aromatic heterocycles. The number of pyridine rings is 1. The predicted molar refractivity (Wildman–Crippen MR) is 85.2 cm³/mol. The maximum atomic E-state index is 11.7. The van der Waals surface area contributed by atoms with Gasteiger partial charge >= 0.3 is 0 Å². The molecule has 1 aliphatic heterocycles. The number of fused-ring (bicyclic) bond motifs is 3. The Morgan fingerprint density at radius 3 is 2.88 bits per heavy atom. The molecule has 0 saturated carbocycles. The Morgan fingerprint density at radius 2 is 2.04 bits per heavy atom. The van der Waals surface area contributed by atoms with E-state index in [1.165, 1.54) is 6.20 Å². The van der Waals surface area contributed by atoms with Crippen LogP contribution in [0.1, 0.15) is 23.5 Å². The van der Waals surface area contributed by atoms with E-state index in [-0.39, 0.29) is 11.7 Å². The minimum Gasteiger partial charge on any atom is -0.490 e. The van der Waals surface area contributed by atoms with Crippen LogP contribution in [0.3, 0.4) is 0 Å². The van der Waals surface area contributed by atoms with Crippen molar-refractivity contribution < 1.29 is 9.53 Å². The molecule has 0 unspecified atom stereocenters. The monoisotopic (exact) mass is 322 g/mol. The normalized spacial score (nSPS) is 15.8. The van der Waals surface area contributed by atoms with Gasteiger partial charge in [-0.25, -0.2) is 4.68 Å². The second-order valence-electron chi connectivity index (χ2n) is 5.55. The van der Waals surface area contributed by atoms with Crippen LogP contribution in [0.25, 0.3) is 22.5 Å². The lowest BCUT2D eigenvalue weighted by Gasteiger charge is -2.14. The zero-order chi connectivity index (χ0) is 16.7. The van der Waals surface area contributed by atoms with Gasteiger partial charge in [0.15, 0.2) is 5.82 Å². The molecule has 3 aromatic rings. The Bertz CT molecular complexity index is 936. The number of carbonyl (C=O) groups is 1. The first-order valence-corrected chi connectivity index (χ1v) is 7.46. The fourth-order valence-corrected chi connectivity index (χ4v) is 2.84. The molecule has 1 aliphatic rings. The van der Waals surface area contributed by atoms with Gasteiger partial charge in [0.1, 0.15) is 18.1 Å². The lowest BCUT2D eigenvalue weighted by molar-refractivity contribution is 0.0996. The van der Waals surface area contributed by atoms with Crippen LogP contribution in [0.2, 0.25) is 0 Å². The number of nitrogens with two attached hydrogens (primary N) is 1. The number of hydrogen-bond acceptors (Lipinski definition) is 6. The highest BCUT2D eigenvalue weighted by atomic mass is 16.5. The van der Waals surface area contributed by atoms with Crippen molar-refractivity contribution in [1.29, 1.82) is 0 Å². The molecule has 0 bridgehead atoms. The van der Waals surface area contributed by atoms with E-state index < -0.39 is 5.91 Å². The van der Waals surface area contributed by atoms with Gasteiger partial charge in [-0.3, -0.25) is 9.78 Å². The third-order valence-electron chi connectivity index (χ3n) is 3.97. The minimum absolute atomic E-state index is 0.0141. The molecule has 0 spiro atoms. The van der Waals surface area contributed by atoms with Crippen LogP contribution in [-0.4, -0.2) is 37.7 Å². The van der Waals surface area contributed by atoms with Gasteiger partial charge in [0.25, 0.3) is 5.91 Å². The summed E-state index contributed by atoms with van der Waals surface area (Å²) in [6.07, 6.45) is 1.54. The molecule has 1 atom stereocenters. The molecule has 24 heavy (non-hydrogen) atoms. The van der Waals surface area contributed by atoms with Crippen LogP contribution in [0.5, 0.6) is 5.75 Å². The minimum atomic E-state index is -0.588. The number of hydrogen-bond donors (Lipinski definition) is 1. The second kappa shape index (κ2) is 5.41. The summed E-state index contributed by atoms with van der Waals surface area (Å²) in [5, 5.41) is 11.9. The third-order valence-corrected chi connectivity index (χ3v) is 3.97. The number of aromatic nitrogens is 5. The Hall–Kier alpha value is -3.29. The first-order chi connectivity index (χ1) is 11.7. The highest BCUT2D eigenvalue weighted by molar-refractivity contribution is 5.99. The van der Waals surface area contributed by atoms with E-state index in [4.69, 9.17) is 10.5 Å². The number of ether oxygens (including phenoxy) is 1. The Balaban J connectivity index is 1.97. The molecular weight excluding hydrogens is 308 g/mol. The van der Waals surface area contributed by atoms with Gasteiger partial charge in [0.05, 0.1) is 11.6 Å². The molecule has 8 heteroatoms. The number of carbonyl (C=O) groups excluding carboxylic acids is 1. The number of amides is 1. The van der Waals surface area contributed by atoms with Gasteiger partial charge in [0.2, 0.25) is 0 Å². The van der Waals surface area contributed by atoms with Crippen LogP contribution in [0.15, 0.2) is 36.5 Å². The van der Waals surface area contributed by atoms with Crippen molar-refractivity contribution in [2.24, 2.45) is 5.73 Å². The third kappa shape index (κ3) is 2.11. The van der Waals surface area contributed by atoms with Crippen molar-refractivity contribution in [3.8, 4) is 28.3 Å². The summed E-state index contributed by atoms with van der Waals surface area (Å²) in [7, 11) is 0. The number of benzene rings is 1. The summed E-state index contributed by atoms with van der Waals surface area (Å²) < 4.78 is 7.74. The number of para-hydroxylation sites is 1. The number of tetrazole rings is 1. The summed E-state index contributed by atoms with van der Waals surface area (Å²) in [4.78, 5) is 15.8. The fraction of sp³-hybridized carbons (Fsp3) is 0.188. The molecule has 3 heterocycles. The van der Waals surface area contributed by atoms with Gasteiger partial charge < -0.3 is 10.5 Å². The zero-order valence-electron chi connectivity index (χ0n) is 12.9. The van der Waals surface area contributed by atoms with Crippen molar-refractivity contribution in [1.82, 2.24) is 25.2 Å². The molecule has 0 radical (unpaired) electrons. The molecule has 2 N–H and O–H groups in total. The van der Waals surface area contributed by atoms with Gasteiger partial charge in [-0.1, -0.05) is 18.2 Å². The first-order valence-electron chi connectivity index (χ1n) is 7.46. The summed E-state index contributed by atoms with van der Waals surface area (Å²) in [6, 6.07) is 9.16. The van der Waals surface area contributed by atoms with E-state index in [1.807, 2.05) is 25.1 Å². The quantitative estimate of drug-likeness (QED) is 0.765. The average Bonchev–Trinajstić information content (AvgIpc) is 3.04. The van der Waals surface area contributed by atoms with E-state index in [0.29, 0.717) is 23.7 Å². The molecule has 1 aromatic carbocycles. The maximum absolute atomic E-state index is 11.7. The van der Waals surface area contributed by atoms with Crippen molar-refractivity contribution >= 4 is 5.91 Å². The molecule has 0 saturated heterocycles. The molecule has 120 valence electrons. The Labute approximate surface area is 137 Å². The summed E-state index contributed by atoms with van der Waals surface area (Å²) in [5.74, 6) is 0.657. The molecule has 0 aliphatic carbocycles. The summed E-state index contributed by atoms with van der Waals surface area (Å²) in [5.41, 5.74) is 7.78. The first kappa shape index (κ1) is 14.3. The van der Waals surface area contributed by atoms with Gasteiger partial charge in [-0.15, -0.1) is 5.10 Å². The largest absolute Gasteiger partial charge is 0.490 e. The smallest absolute Gasteiger partial charge is 0.267 e. The number of rotatable bonds is 2. The summed E-state index contributed by atoms with van der Waals surface area (Å²) >= 11 is 0. The maximum Gasteiger partial charge on any atom is 0.267 e. The van der Waals surface area contributed by atoms with Crippen molar-refractivity contribution in [3.63, 3.8) is 0 Å². The number of primary amides is 1. The lowest BCUT2D eigenvalue weighted by atomic mass is 9.99. The highest BCUT2D eigenvalue weighted by Gasteiger charge is 2.26. The lowest BCUT2D eigenvalue weighted by Crippen LogP contribution is -2.15. The van der Waals surface area contributed by atoms with Gasteiger partial charge in [-0.2, -0.15) is 0 Å². The van der Waals surface area contributed by atoms with E-state index in [2.05, 4.69) is 20.5 Å². The van der Waals surface area contributed by atoms with E-state index >= 15 is 0 Å². The molecule has 8 nitrogen and oxygen atoms in total. The van der Waals surface area contributed by atoms with Crippen molar-refractivity contribution in [2.45, 2.75) is 13.0 Å². The summed E-state index contributed by atoms with van der Waals surface area (Å²) in [6.45, 7) is 2.39. The topological polar surface area (TPSA) is 109 Å². The molecule has 0 fully saturated rings. The molecular formula is C16H14N6O2. The standard InChI is InChI=1S/C16H14N6O2/c1-9-8-24-14-11(10-6-3-7-18-13(10)15(17)23)4-2-5-12(14)16-19-20-21-22(9)16/h2-7,9H,8H2,1H3,(H2,17,23)/t9-/m1/s1. The van der Waals surface area contributed by atoms with Crippen LogP contribution >= 0.6 is 0 Å². The second-order valence-corrected chi connectivity index (χ2v) is 5.55. The van der Waals surface area contributed by atoms with Crippen molar-refractivity contribution in [3.05, 3.63) is 42.2 Å². The highest BCUT2D eigenvalue weighted by Crippen LogP contribution is 2.41. The van der Waals surface area contributed by atoms with Gasteiger partial charge in [-0.05, 0) is 29.5 Å². The molecule has 1 amide bonds. The SMILES string of the molecule is C[C@@H]1COc2c(-c3cccnc3C(N)=O)cccc2-c2nnnn21. The van der Waals surface area contributed by atoms with Crippen molar-refractivity contribution in [2.75, 3.05) is 6.61 Å². The predicted octanol–water partition coefficient (Wildman–Crippen LogP) is 1.45. The Morgan fingerprint density at radius 1 is 1.25 bits per heavy atom. The molecule has 4 rings (SSSR count). The van der Waals surface area contributed by atoms with Crippen LogP contribution in [0.4, 0.5) is 0 Å². The van der Waals surface area contributed by atoms with Crippen LogP contribution in [0, 0.1) is 0 Å². The zero-order valence-corrected chi connectivity index (χ0v) is 12.9. The van der Waals surface area contributed by atoms with Crippen LogP contribution < -0.4 is 10.5 Å².